The number of ether oxygens (including phenoxy) is 2. The molecule has 0 bridgehead atoms. The number of esters is 2. The van der Waals surface area contributed by atoms with Gasteiger partial charge in [0.15, 0.2) is 0 Å². The Balaban J connectivity index is -0.0000000580. The number of rotatable bonds is 7. The van der Waals surface area contributed by atoms with Gasteiger partial charge in [0, 0.05) is 11.6 Å². The van der Waals surface area contributed by atoms with Crippen molar-refractivity contribution in [1.29, 1.82) is 0 Å². The summed E-state index contributed by atoms with van der Waals surface area (Å²) in [5, 5.41) is 18.3. The fraction of sp³-hybridized carbons (Fsp3) is 0.333. The molecule has 0 aliphatic carbocycles. The number of carboxylic acids is 2. The average Bonchev–Trinajstić information content (AvgIpc) is 2.62. The topological polar surface area (TPSA) is 133 Å². The maximum atomic E-state index is 10.3. The van der Waals surface area contributed by atoms with Crippen LogP contribution in [-0.2, 0) is 28.7 Å². The van der Waals surface area contributed by atoms with E-state index in [-0.39, 0.29) is 71.1 Å². The summed E-state index contributed by atoms with van der Waals surface area (Å²) in [6.07, 6.45) is 4.60. The van der Waals surface area contributed by atoms with Gasteiger partial charge in [0.2, 0.25) is 0 Å². The zero-order valence-electron chi connectivity index (χ0n) is 17.4. The number of methoxy groups -OCH3 is 1. The molecular formula is C18H26Na2O8. The molecule has 0 radical (unpaired) electrons. The van der Waals surface area contributed by atoms with Gasteiger partial charge in [-0.1, -0.05) is 39.7 Å². The van der Waals surface area contributed by atoms with Gasteiger partial charge in [0.25, 0.3) is 0 Å². The van der Waals surface area contributed by atoms with Crippen molar-refractivity contribution >= 4 is 23.9 Å². The molecule has 0 aliphatic rings. The molecule has 0 atom stereocenters. The average molecular weight is 416 g/mol. The molecule has 0 rings (SSSR count). The second-order valence-corrected chi connectivity index (χ2v) is 4.04. The predicted octanol–water partition coefficient (Wildman–Crippen LogP) is -5.90. The monoisotopic (exact) mass is 416 g/mol. The van der Waals surface area contributed by atoms with E-state index in [1.54, 1.807) is 6.92 Å². The molecule has 0 amide bonds. The van der Waals surface area contributed by atoms with Crippen molar-refractivity contribution in [3.63, 3.8) is 0 Å². The van der Waals surface area contributed by atoms with E-state index in [4.69, 9.17) is 19.8 Å². The second-order valence-electron chi connectivity index (χ2n) is 4.04. The van der Waals surface area contributed by atoms with E-state index in [1.807, 2.05) is 6.92 Å². The summed E-state index contributed by atoms with van der Waals surface area (Å²) in [6, 6.07) is 0. The Hall–Kier alpha value is -1.16. The molecule has 10 heteroatoms. The Morgan fingerprint density at radius 1 is 0.929 bits per heavy atom. The van der Waals surface area contributed by atoms with Crippen molar-refractivity contribution in [2.24, 2.45) is 0 Å². The number of carbonyl (C=O) groups excluding carboxylic acids is 4. The molecule has 0 aromatic rings. The van der Waals surface area contributed by atoms with Gasteiger partial charge in [-0.15, -0.1) is 0 Å². The van der Waals surface area contributed by atoms with E-state index < -0.39 is 11.9 Å². The quantitative estimate of drug-likeness (QED) is 0.173. The van der Waals surface area contributed by atoms with Gasteiger partial charge in [0.1, 0.15) is 0 Å². The smallest absolute Gasteiger partial charge is 0.545 e. The van der Waals surface area contributed by atoms with E-state index in [1.165, 1.54) is 13.2 Å². The van der Waals surface area contributed by atoms with E-state index >= 15 is 0 Å². The van der Waals surface area contributed by atoms with E-state index in [9.17, 15) is 9.59 Å². The van der Waals surface area contributed by atoms with Gasteiger partial charge < -0.3 is 29.3 Å². The van der Waals surface area contributed by atoms with Crippen LogP contribution in [-0.4, -0.2) is 37.6 Å². The molecule has 148 valence electrons. The third-order valence-corrected chi connectivity index (χ3v) is 1.78. The molecule has 0 heterocycles. The molecule has 0 N–H and O–H groups in total. The minimum Gasteiger partial charge on any atom is -0.545 e. The van der Waals surface area contributed by atoms with Crippen LogP contribution in [0, 0.1) is 0 Å². The van der Waals surface area contributed by atoms with Gasteiger partial charge >= 0.3 is 71.1 Å². The van der Waals surface area contributed by atoms with Crippen LogP contribution in [0.1, 0.15) is 26.7 Å². The molecule has 0 spiro atoms. The van der Waals surface area contributed by atoms with Crippen LogP contribution in [0.15, 0.2) is 50.1 Å². The fourth-order valence-corrected chi connectivity index (χ4v) is 0.550. The van der Waals surface area contributed by atoms with Crippen molar-refractivity contribution in [3.8, 4) is 0 Å². The minimum atomic E-state index is -1.23. The summed E-state index contributed by atoms with van der Waals surface area (Å²) in [6.45, 7) is 16.6. The minimum absolute atomic E-state index is 0. The number of hydrogen-bond acceptors (Lipinski definition) is 8. The largest absolute Gasteiger partial charge is 1.00 e. The second kappa shape index (κ2) is 33.4. The first kappa shape index (κ1) is 41.3. The molecule has 0 aromatic heterocycles. The van der Waals surface area contributed by atoms with Gasteiger partial charge in [0.05, 0.1) is 25.7 Å². The van der Waals surface area contributed by atoms with E-state index in [2.05, 4.69) is 35.8 Å². The van der Waals surface area contributed by atoms with Crippen LogP contribution in [0.25, 0.3) is 0 Å². The zero-order valence-corrected chi connectivity index (χ0v) is 21.4. The molecule has 8 nitrogen and oxygen atoms in total. The Labute approximate surface area is 210 Å². The van der Waals surface area contributed by atoms with Crippen molar-refractivity contribution < 1.29 is 98.0 Å². The molecule has 0 aliphatic heterocycles. The van der Waals surface area contributed by atoms with Gasteiger partial charge in [-0.05, 0) is 25.5 Å². The Morgan fingerprint density at radius 3 is 1.43 bits per heavy atom. The zero-order chi connectivity index (χ0) is 21.5. The normalized spacial score (nSPS) is 6.96. The van der Waals surface area contributed by atoms with E-state index in [0.29, 0.717) is 12.2 Å². The van der Waals surface area contributed by atoms with Crippen molar-refractivity contribution in [2.75, 3.05) is 13.7 Å². The number of carboxylic acid groups (broad SMARTS) is 2. The van der Waals surface area contributed by atoms with Crippen LogP contribution >= 0.6 is 0 Å². The third-order valence-electron chi connectivity index (χ3n) is 1.78. The molecular weight excluding hydrogens is 390 g/mol. The number of unbranched alkanes of at least 4 members (excludes halogenated alkanes) is 1. The summed E-state index contributed by atoms with van der Waals surface area (Å²) in [5.41, 5.74) is 0.433. The first-order valence-electron chi connectivity index (χ1n) is 7.23. The first-order valence-corrected chi connectivity index (χ1v) is 7.23. The van der Waals surface area contributed by atoms with Crippen LogP contribution < -0.4 is 69.3 Å². The summed E-state index contributed by atoms with van der Waals surface area (Å²) in [4.78, 5) is 38.8. The number of carbonyl (C=O) groups is 4. The van der Waals surface area contributed by atoms with Crippen LogP contribution in [0.5, 0.6) is 0 Å². The predicted molar refractivity (Wildman–Crippen MR) is 93.3 cm³/mol. The van der Waals surface area contributed by atoms with Crippen LogP contribution in [0.4, 0.5) is 0 Å². The molecule has 28 heavy (non-hydrogen) atoms. The summed E-state index contributed by atoms with van der Waals surface area (Å²) in [7, 11) is 1.33. The van der Waals surface area contributed by atoms with Crippen LogP contribution in [0.3, 0.4) is 0 Å². The summed E-state index contributed by atoms with van der Waals surface area (Å²) >= 11 is 0. The molecule has 0 fully saturated rings. The first-order chi connectivity index (χ1) is 12.0. The molecule has 0 saturated carbocycles. The van der Waals surface area contributed by atoms with Crippen molar-refractivity contribution in [1.82, 2.24) is 0 Å². The fourth-order valence-electron chi connectivity index (χ4n) is 0.550. The van der Waals surface area contributed by atoms with Gasteiger partial charge in [-0.3, -0.25) is 0 Å². The number of aliphatic carboxylic acids is 2. The van der Waals surface area contributed by atoms with Crippen molar-refractivity contribution in [3.05, 3.63) is 50.1 Å². The molecule has 0 unspecified atom stereocenters. The van der Waals surface area contributed by atoms with Gasteiger partial charge in [-0.25, -0.2) is 9.59 Å². The standard InChI is InChI=1S/C7H12O2.C5H8O2.2C3H4O2.2Na/c1-3-5-6-9-7(8)4-2;1-4(2)5(6)7-3;2*1-2-3(4)5;;/h4H,2-3,5-6H2,1H3;1H2,2-3H3;2*2H,1H2,(H,4,5);;/q;;;;2*+1/p-2. The maximum absolute atomic E-state index is 10.3. The number of hydrogen-bond donors (Lipinski definition) is 0. The summed E-state index contributed by atoms with van der Waals surface area (Å²) < 4.78 is 8.95. The van der Waals surface area contributed by atoms with Crippen molar-refractivity contribution in [2.45, 2.75) is 26.7 Å². The van der Waals surface area contributed by atoms with Gasteiger partial charge in [-0.2, -0.15) is 0 Å². The third kappa shape index (κ3) is 56.3. The Morgan fingerprint density at radius 2 is 1.29 bits per heavy atom. The van der Waals surface area contributed by atoms with Crippen LogP contribution in [0.2, 0.25) is 0 Å². The Bertz CT molecular complexity index is 470. The molecule has 0 saturated heterocycles. The molecule has 0 aromatic carbocycles. The summed E-state index contributed by atoms with van der Waals surface area (Å²) in [5.74, 6) is -3.14. The Kier molecular flexibility index (Phi) is 49.3. The SMILES string of the molecule is C=C(C)C(=O)OC.C=CC(=O)OCCCC.C=CC(=O)[O-].C=CC(=O)[O-].[Na+].[Na+]. The van der Waals surface area contributed by atoms with E-state index in [0.717, 1.165) is 25.0 Å². The maximum Gasteiger partial charge on any atom is 1.00 e.